The Bertz CT molecular complexity index is 464. The van der Waals surface area contributed by atoms with Gasteiger partial charge in [0.05, 0.1) is 11.1 Å². The zero-order valence-corrected chi connectivity index (χ0v) is 9.14. The highest BCUT2D eigenvalue weighted by atomic mass is 16.7. The molecule has 0 saturated heterocycles. The van der Waals surface area contributed by atoms with Gasteiger partial charge < -0.3 is 25.2 Å². The van der Waals surface area contributed by atoms with Gasteiger partial charge in [-0.3, -0.25) is 0 Å². The number of carboxylic acids is 2. The minimum atomic E-state index is -1.81. The summed E-state index contributed by atoms with van der Waals surface area (Å²) in [6.07, 6.45) is -3.62. The quantitative estimate of drug-likeness (QED) is 0.461. The maximum Gasteiger partial charge on any atom is 0.516 e. The second kappa shape index (κ2) is 7.27. The van der Waals surface area contributed by atoms with Crippen molar-refractivity contribution in [2.75, 3.05) is 0 Å². The Morgan fingerprint density at radius 3 is 1.37 bits per heavy atom. The summed E-state index contributed by atoms with van der Waals surface area (Å²) in [7, 11) is 0. The molecule has 0 aliphatic heterocycles. The lowest BCUT2D eigenvalue weighted by Crippen LogP contribution is -2.05. The van der Waals surface area contributed by atoms with Crippen molar-refractivity contribution >= 4 is 24.2 Å². The molecule has 0 bridgehead atoms. The molecule has 0 aliphatic carbocycles. The normalized spacial score (nSPS) is 8.63. The fraction of sp³-hybridized carbons (Fsp3) is 0. The Morgan fingerprint density at radius 1 is 0.789 bits per heavy atom. The standard InChI is InChI=1S/C8H6O4.C2H2O5/c9-7(10)5-2-1-3-6(4-5)8(11)12;3-1(4)7-2(5)6/h1-4H,(H,9,10)(H,11,12);(H,3,4)(H,5,6). The fourth-order valence-electron chi connectivity index (χ4n) is 0.860. The molecule has 0 atom stereocenters. The van der Waals surface area contributed by atoms with Gasteiger partial charge in [0, 0.05) is 0 Å². The van der Waals surface area contributed by atoms with Gasteiger partial charge in [-0.1, -0.05) is 6.07 Å². The monoisotopic (exact) mass is 272 g/mol. The van der Waals surface area contributed by atoms with Crippen molar-refractivity contribution in [2.45, 2.75) is 0 Å². The molecule has 0 fully saturated rings. The molecule has 1 aromatic rings. The van der Waals surface area contributed by atoms with Crippen LogP contribution in [0.5, 0.6) is 0 Å². The molecule has 102 valence electrons. The Balaban J connectivity index is 0.000000399. The van der Waals surface area contributed by atoms with E-state index in [0.717, 1.165) is 6.07 Å². The molecular formula is C10H8O9. The third-order valence-corrected chi connectivity index (χ3v) is 1.53. The molecule has 0 unspecified atom stereocenters. The number of rotatable bonds is 2. The molecule has 1 aromatic carbocycles. The van der Waals surface area contributed by atoms with Crippen LogP contribution in [0.25, 0.3) is 0 Å². The molecule has 0 aliphatic rings. The van der Waals surface area contributed by atoms with E-state index in [0.29, 0.717) is 0 Å². The summed E-state index contributed by atoms with van der Waals surface area (Å²) in [5, 5.41) is 32.0. The molecule has 0 aromatic heterocycles. The van der Waals surface area contributed by atoms with E-state index in [2.05, 4.69) is 4.74 Å². The zero-order valence-electron chi connectivity index (χ0n) is 9.14. The molecule has 9 nitrogen and oxygen atoms in total. The first kappa shape index (κ1) is 15.9. The van der Waals surface area contributed by atoms with Gasteiger partial charge in [-0.15, -0.1) is 0 Å². The van der Waals surface area contributed by atoms with Crippen LogP contribution in [0.15, 0.2) is 24.3 Å². The lowest BCUT2D eigenvalue weighted by atomic mass is 10.1. The number of aromatic carboxylic acids is 2. The van der Waals surface area contributed by atoms with Crippen LogP contribution in [0, 0.1) is 0 Å². The van der Waals surface area contributed by atoms with Crippen molar-refractivity contribution in [3.8, 4) is 0 Å². The van der Waals surface area contributed by atoms with Crippen molar-refractivity contribution in [2.24, 2.45) is 0 Å². The molecule has 0 radical (unpaired) electrons. The molecule has 0 spiro atoms. The summed E-state index contributed by atoms with van der Waals surface area (Å²) in [5.41, 5.74) is -0.0372. The Morgan fingerprint density at radius 2 is 1.16 bits per heavy atom. The van der Waals surface area contributed by atoms with E-state index >= 15 is 0 Å². The predicted molar refractivity (Wildman–Crippen MR) is 57.5 cm³/mol. The summed E-state index contributed by atoms with van der Waals surface area (Å²) >= 11 is 0. The average molecular weight is 272 g/mol. The van der Waals surface area contributed by atoms with Crippen molar-refractivity contribution in [1.29, 1.82) is 0 Å². The number of carbonyl (C=O) groups is 4. The lowest BCUT2D eigenvalue weighted by molar-refractivity contribution is 0.0693. The minimum Gasteiger partial charge on any atom is -0.478 e. The summed E-state index contributed by atoms with van der Waals surface area (Å²) in [5.74, 6) is -2.25. The number of hydrogen-bond donors (Lipinski definition) is 4. The van der Waals surface area contributed by atoms with Crippen LogP contribution in [0.3, 0.4) is 0 Å². The Labute approximate surface area is 105 Å². The van der Waals surface area contributed by atoms with Gasteiger partial charge in [-0.2, -0.15) is 0 Å². The summed E-state index contributed by atoms with van der Waals surface area (Å²) < 4.78 is 3.08. The average Bonchev–Trinajstić information content (AvgIpc) is 2.28. The molecular weight excluding hydrogens is 264 g/mol. The molecule has 1 rings (SSSR count). The van der Waals surface area contributed by atoms with Gasteiger partial charge >= 0.3 is 24.2 Å². The Hall–Kier alpha value is -3.10. The van der Waals surface area contributed by atoms with Crippen molar-refractivity contribution in [3.05, 3.63) is 35.4 Å². The zero-order chi connectivity index (χ0) is 15.0. The fourth-order valence-corrected chi connectivity index (χ4v) is 0.860. The highest BCUT2D eigenvalue weighted by molar-refractivity contribution is 5.93. The van der Waals surface area contributed by atoms with Crippen molar-refractivity contribution < 1.29 is 44.3 Å². The van der Waals surface area contributed by atoms with Gasteiger partial charge in [-0.25, -0.2) is 19.2 Å². The Kier molecular flexibility index (Phi) is 6.08. The first-order chi connectivity index (χ1) is 8.73. The van der Waals surface area contributed by atoms with Gasteiger partial charge in [-0.05, 0) is 18.2 Å². The maximum absolute atomic E-state index is 10.4. The first-order valence-electron chi connectivity index (χ1n) is 4.44. The van der Waals surface area contributed by atoms with Crippen LogP contribution >= 0.6 is 0 Å². The molecule has 0 saturated carbocycles. The van der Waals surface area contributed by atoms with Crippen LogP contribution in [0.2, 0.25) is 0 Å². The highest BCUT2D eigenvalue weighted by Gasteiger charge is 2.06. The van der Waals surface area contributed by atoms with E-state index in [-0.39, 0.29) is 11.1 Å². The summed E-state index contributed by atoms with van der Waals surface area (Å²) in [6.45, 7) is 0. The SMILES string of the molecule is O=C(O)OC(=O)O.O=C(O)c1cccc(C(=O)O)c1. The first-order valence-corrected chi connectivity index (χ1v) is 4.44. The lowest BCUT2D eigenvalue weighted by Gasteiger charge is -1.95. The van der Waals surface area contributed by atoms with Gasteiger partial charge in [0.15, 0.2) is 0 Å². The topological polar surface area (TPSA) is 158 Å². The van der Waals surface area contributed by atoms with Crippen LogP contribution in [-0.4, -0.2) is 44.7 Å². The maximum atomic E-state index is 10.4. The number of hydrogen-bond acceptors (Lipinski definition) is 5. The van der Waals surface area contributed by atoms with Gasteiger partial charge in [0.1, 0.15) is 0 Å². The summed E-state index contributed by atoms with van der Waals surface area (Å²) in [6, 6.07) is 5.20. The summed E-state index contributed by atoms with van der Waals surface area (Å²) in [4.78, 5) is 39.2. The minimum absolute atomic E-state index is 0.0186. The van der Waals surface area contributed by atoms with Crippen LogP contribution in [0.1, 0.15) is 20.7 Å². The largest absolute Gasteiger partial charge is 0.516 e. The van der Waals surface area contributed by atoms with Crippen molar-refractivity contribution in [3.63, 3.8) is 0 Å². The van der Waals surface area contributed by atoms with E-state index in [1.807, 2.05) is 0 Å². The predicted octanol–water partition coefficient (Wildman–Crippen LogP) is 1.44. The smallest absolute Gasteiger partial charge is 0.478 e. The third kappa shape index (κ3) is 6.94. The number of carboxylic acid groups (broad SMARTS) is 4. The number of ether oxygens (including phenoxy) is 1. The molecule has 0 heterocycles. The van der Waals surface area contributed by atoms with Crippen molar-refractivity contribution in [1.82, 2.24) is 0 Å². The molecule has 4 N–H and O–H groups in total. The van der Waals surface area contributed by atoms with E-state index in [1.165, 1.54) is 18.2 Å². The molecule has 9 heteroatoms. The van der Waals surface area contributed by atoms with Gasteiger partial charge in [0.25, 0.3) is 0 Å². The van der Waals surface area contributed by atoms with E-state index in [4.69, 9.17) is 20.4 Å². The van der Waals surface area contributed by atoms with Crippen LogP contribution < -0.4 is 0 Å². The number of benzene rings is 1. The second-order valence-electron chi connectivity index (χ2n) is 2.82. The van der Waals surface area contributed by atoms with Crippen LogP contribution in [-0.2, 0) is 4.74 Å². The molecule has 19 heavy (non-hydrogen) atoms. The second-order valence-corrected chi connectivity index (χ2v) is 2.82. The highest BCUT2D eigenvalue weighted by Crippen LogP contribution is 2.04. The van der Waals surface area contributed by atoms with E-state index < -0.39 is 24.2 Å². The molecule has 0 amide bonds. The van der Waals surface area contributed by atoms with E-state index in [1.54, 1.807) is 0 Å². The third-order valence-electron chi connectivity index (χ3n) is 1.53. The van der Waals surface area contributed by atoms with Crippen LogP contribution in [0.4, 0.5) is 9.59 Å². The van der Waals surface area contributed by atoms with E-state index in [9.17, 15) is 19.2 Å². The van der Waals surface area contributed by atoms with Gasteiger partial charge in [0.2, 0.25) is 0 Å².